The van der Waals surface area contributed by atoms with Crippen LogP contribution in [-0.4, -0.2) is 61.5 Å². The molecule has 0 aromatic rings. The molecular weight excluding hydrogens is 212 g/mol. The molecule has 0 atom stereocenters. The molecule has 0 saturated heterocycles. The molecule has 0 aliphatic heterocycles. The largest absolute Gasteiger partial charge is 2.00 e. The van der Waals surface area contributed by atoms with Crippen LogP contribution in [0.5, 0.6) is 0 Å². The minimum Gasteiger partial charge on any atom is -0.868 e. The van der Waals surface area contributed by atoms with Gasteiger partial charge in [0.2, 0.25) is 0 Å². The van der Waals surface area contributed by atoms with Gasteiger partial charge < -0.3 is 14.9 Å². The van der Waals surface area contributed by atoms with Crippen molar-refractivity contribution in [2.24, 2.45) is 0 Å². The second-order valence-corrected chi connectivity index (χ2v) is 0.394. The van der Waals surface area contributed by atoms with Gasteiger partial charge >= 0.3 is 48.9 Å². The van der Waals surface area contributed by atoms with Crippen LogP contribution < -0.4 is 10.0 Å². The fourth-order valence-electron chi connectivity index (χ4n) is 0. The SMILES string of the molecule is [Ba+2].[O-]B([O-])OO. The topological polar surface area (TPSA) is 75.6 Å². The van der Waals surface area contributed by atoms with Gasteiger partial charge in [-0.05, 0) is 0 Å². The van der Waals surface area contributed by atoms with Gasteiger partial charge in [0.15, 0.2) is 0 Å². The maximum Gasteiger partial charge on any atom is 2.00 e. The molecule has 0 fully saturated rings. The Balaban J connectivity index is 0. The fourth-order valence-corrected chi connectivity index (χ4v) is 0. The quantitative estimate of drug-likeness (QED) is 0.283. The number of hydrogen-bond donors (Lipinski definition) is 1. The van der Waals surface area contributed by atoms with E-state index < -0.39 is 7.32 Å². The first-order valence-corrected chi connectivity index (χ1v) is 0.890. The molecule has 0 aliphatic carbocycles. The predicted molar refractivity (Wildman–Crippen MR) is 15.2 cm³/mol. The van der Waals surface area contributed by atoms with E-state index in [2.05, 4.69) is 4.81 Å². The van der Waals surface area contributed by atoms with Gasteiger partial charge in [-0.3, -0.25) is 5.26 Å². The second-order valence-electron chi connectivity index (χ2n) is 0.394. The van der Waals surface area contributed by atoms with E-state index in [-0.39, 0.29) is 48.9 Å². The molecule has 0 bridgehead atoms. The Hall–Kier alpha value is 1.48. The van der Waals surface area contributed by atoms with Crippen LogP contribution in [0, 0.1) is 0 Å². The molecule has 0 aromatic carbocycles. The van der Waals surface area contributed by atoms with Gasteiger partial charge in [-0.25, -0.2) is 0 Å². The fraction of sp³-hybridized carbons (Fsp3) is 0. The van der Waals surface area contributed by atoms with Crippen LogP contribution in [0.25, 0.3) is 0 Å². The van der Waals surface area contributed by atoms with Crippen LogP contribution in [0.3, 0.4) is 0 Å². The van der Waals surface area contributed by atoms with Crippen LogP contribution in [0.15, 0.2) is 0 Å². The Bertz CT molecular complexity index is 21.5. The molecule has 0 amide bonds. The van der Waals surface area contributed by atoms with Gasteiger partial charge in [0.25, 0.3) is 0 Å². The number of hydrogen-bond acceptors (Lipinski definition) is 4. The summed E-state index contributed by atoms with van der Waals surface area (Å²) < 4.78 is 0. The van der Waals surface area contributed by atoms with Crippen molar-refractivity contribution < 1.29 is 20.1 Å². The maximum absolute atomic E-state index is 8.87. The third-order valence-electron chi connectivity index (χ3n) is 0.0861. The van der Waals surface area contributed by atoms with Crippen molar-refractivity contribution in [1.29, 1.82) is 0 Å². The van der Waals surface area contributed by atoms with Crippen molar-refractivity contribution in [3.63, 3.8) is 0 Å². The molecule has 0 rings (SSSR count). The van der Waals surface area contributed by atoms with Crippen LogP contribution in [0.2, 0.25) is 0 Å². The number of rotatable bonds is 1. The molecule has 30 valence electrons. The molecular formula is HBBaO4. The average Bonchev–Trinajstić information content (AvgIpc) is 1.38. The Morgan fingerprint density at radius 2 is 1.67 bits per heavy atom. The van der Waals surface area contributed by atoms with Crippen molar-refractivity contribution in [1.82, 2.24) is 0 Å². The summed E-state index contributed by atoms with van der Waals surface area (Å²) in [5.41, 5.74) is 0. The molecule has 6 heteroatoms. The Labute approximate surface area is 75.3 Å². The van der Waals surface area contributed by atoms with Gasteiger partial charge in [0.1, 0.15) is 7.32 Å². The minimum absolute atomic E-state index is 0. The standard InChI is InChI=1S/BHO4.Ba/c2-1(3)5-4;/h4H;/q-2;+2. The van der Waals surface area contributed by atoms with Gasteiger partial charge in [-0.2, -0.15) is 0 Å². The first-order chi connectivity index (χ1) is 2.27. The van der Waals surface area contributed by atoms with Crippen LogP contribution in [0.4, 0.5) is 0 Å². The summed E-state index contributed by atoms with van der Waals surface area (Å²) in [6.07, 6.45) is 0. The maximum atomic E-state index is 8.87. The van der Waals surface area contributed by atoms with E-state index in [1.807, 2.05) is 0 Å². The Morgan fingerprint density at radius 3 is 1.67 bits per heavy atom. The van der Waals surface area contributed by atoms with Gasteiger partial charge in [-0.1, -0.05) is 0 Å². The van der Waals surface area contributed by atoms with Crippen LogP contribution >= 0.6 is 0 Å². The molecule has 0 unspecified atom stereocenters. The van der Waals surface area contributed by atoms with Gasteiger partial charge in [0.05, 0.1) is 0 Å². The van der Waals surface area contributed by atoms with E-state index in [1.165, 1.54) is 0 Å². The molecule has 1 N–H and O–H groups in total. The summed E-state index contributed by atoms with van der Waals surface area (Å²) in [7, 11) is -2.56. The smallest absolute Gasteiger partial charge is 0.868 e. The van der Waals surface area contributed by atoms with E-state index >= 15 is 0 Å². The van der Waals surface area contributed by atoms with Gasteiger partial charge in [0, 0.05) is 0 Å². The minimum atomic E-state index is -2.56. The summed E-state index contributed by atoms with van der Waals surface area (Å²) in [5.74, 6) is 0. The normalized spacial score (nSPS) is 6.50. The zero-order valence-corrected chi connectivity index (χ0v) is 7.40. The molecule has 0 spiro atoms. The molecule has 0 heterocycles. The molecule has 6 heavy (non-hydrogen) atoms. The van der Waals surface area contributed by atoms with Crippen LogP contribution in [-0.2, 0) is 4.81 Å². The molecule has 0 aromatic heterocycles. The van der Waals surface area contributed by atoms with Crippen molar-refractivity contribution >= 4 is 56.2 Å². The van der Waals surface area contributed by atoms with Gasteiger partial charge in [-0.15, -0.1) is 0 Å². The Morgan fingerprint density at radius 1 is 1.50 bits per heavy atom. The van der Waals surface area contributed by atoms with Crippen molar-refractivity contribution in [3.8, 4) is 0 Å². The average molecular weight is 213 g/mol. The predicted octanol–water partition coefficient (Wildman–Crippen LogP) is -3.20. The monoisotopic (exact) mass is 214 g/mol. The van der Waals surface area contributed by atoms with Crippen LogP contribution in [0.1, 0.15) is 0 Å². The summed E-state index contributed by atoms with van der Waals surface area (Å²) >= 11 is 0. The van der Waals surface area contributed by atoms with E-state index in [0.717, 1.165) is 0 Å². The molecule has 0 radical (unpaired) electrons. The molecule has 0 aliphatic rings. The Kier molecular flexibility index (Phi) is 11.3. The van der Waals surface area contributed by atoms with E-state index in [1.54, 1.807) is 0 Å². The summed E-state index contributed by atoms with van der Waals surface area (Å²) in [5, 5.41) is 24.8. The van der Waals surface area contributed by atoms with E-state index in [4.69, 9.17) is 15.3 Å². The summed E-state index contributed by atoms with van der Waals surface area (Å²) in [6.45, 7) is 0. The zero-order valence-electron chi connectivity index (χ0n) is 2.96. The summed E-state index contributed by atoms with van der Waals surface area (Å²) in [4.78, 5) is 2.64. The molecule has 0 saturated carbocycles. The second kappa shape index (κ2) is 6.48. The molecule has 4 nitrogen and oxygen atoms in total. The third kappa shape index (κ3) is 9.08. The summed E-state index contributed by atoms with van der Waals surface area (Å²) in [6, 6.07) is 0. The van der Waals surface area contributed by atoms with Crippen molar-refractivity contribution in [2.75, 3.05) is 0 Å². The van der Waals surface area contributed by atoms with E-state index in [9.17, 15) is 0 Å². The zero-order chi connectivity index (χ0) is 4.28. The van der Waals surface area contributed by atoms with E-state index in [0.29, 0.717) is 0 Å². The van der Waals surface area contributed by atoms with Crippen molar-refractivity contribution in [3.05, 3.63) is 0 Å². The third-order valence-corrected chi connectivity index (χ3v) is 0.0861. The van der Waals surface area contributed by atoms with Crippen molar-refractivity contribution in [2.45, 2.75) is 0 Å². The first kappa shape index (κ1) is 10.5. The first-order valence-electron chi connectivity index (χ1n) is 0.890.